The number of nitrogens with zero attached hydrogens (tertiary/aromatic N) is 3. The van der Waals surface area contributed by atoms with E-state index >= 15 is 0 Å². The molecule has 5 heterocycles. The van der Waals surface area contributed by atoms with Crippen molar-refractivity contribution >= 4 is 136 Å². The van der Waals surface area contributed by atoms with Gasteiger partial charge in [0.2, 0.25) is 0 Å². The largest absolute Gasteiger partial charge is 0.455 e. The average molecular weight is 902 g/mol. The van der Waals surface area contributed by atoms with Crippen LogP contribution in [0, 0.1) is 0 Å². The number of furan rings is 2. The Balaban J connectivity index is 1.06. The van der Waals surface area contributed by atoms with E-state index in [2.05, 4.69) is 193 Å². The number of thiophene rings is 1. The maximum atomic E-state index is 7.11. The van der Waals surface area contributed by atoms with Gasteiger partial charge in [-0.3, -0.25) is 0 Å². The van der Waals surface area contributed by atoms with Crippen molar-refractivity contribution in [3.63, 3.8) is 0 Å². The third kappa shape index (κ3) is 5.76. The zero-order valence-corrected chi connectivity index (χ0v) is 38.3. The molecule has 0 saturated carbocycles. The van der Waals surface area contributed by atoms with E-state index in [0.717, 1.165) is 105 Å². The number of para-hydroxylation sites is 3. The van der Waals surface area contributed by atoms with E-state index < -0.39 is 0 Å². The van der Waals surface area contributed by atoms with Crippen LogP contribution in [0.25, 0.3) is 119 Å². The van der Waals surface area contributed by atoms with Crippen LogP contribution in [0.4, 0.5) is 0 Å². The number of benzene rings is 10. The summed E-state index contributed by atoms with van der Waals surface area (Å²) in [5.41, 5.74) is 12.6. The summed E-state index contributed by atoms with van der Waals surface area (Å²) in [5.74, 6) is 0.666. The Morgan fingerprint density at radius 2 is 0.986 bits per heavy atom. The van der Waals surface area contributed by atoms with Crippen molar-refractivity contribution in [2.75, 3.05) is 0 Å². The molecule has 0 N–H and O–H groups in total. The van der Waals surface area contributed by atoms with Crippen molar-refractivity contribution < 1.29 is 8.83 Å². The van der Waals surface area contributed by atoms with Gasteiger partial charge >= 0.3 is 0 Å². The second-order valence-electron chi connectivity index (χ2n) is 18.4. The molecule has 0 atom stereocenters. The van der Waals surface area contributed by atoms with E-state index in [1.807, 2.05) is 12.1 Å². The monoisotopic (exact) mass is 901 g/mol. The molecule has 1 aliphatic heterocycles. The van der Waals surface area contributed by atoms with E-state index in [9.17, 15) is 0 Å². The molecule has 14 aromatic rings. The van der Waals surface area contributed by atoms with Crippen LogP contribution in [0.5, 0.6) is 0 Å². The van der Waals surface area contributed by atoms with Crippen LogP contribution in [-0.2, 0) is 0 Å². The van der Waals surface area contributed by atoms with Gasteiger partial charge < -0.3 is 13.4 Å². The summed E-state index contributed by atoms with van der Waals surface area (Å²) in [6.07, 6.45) is 1.39. The lowest BCUT2D eigenvalue weighted by atomic mass is 9.95. The molecule has 0 aliphatic carbocycles. The number of allylic oxidation sites excluding steroid dienone is 1. The van der Waals surface area contributed by atoms with E-state index in [0.29, 0.717) is 12.3 Å². The molecule has 6 heteroatoms. The molecule has 0 fully saturated rings. The number of aromatic nitrogens is 1. The lowest BCUT2D eigenvalue weighted by molar-refractivity contribution is 0.666. The fourth-order valence-corrected chi connectivity index (χ4v) is 12.4. The number of hydrogen-bond donors (Lipinski definition) is 0. The van der Waals surface area contributed by atoms with Crippen LogP contribution in [0.1, 0.15) is 36.5 Å². The number of hydrogen-bond acceptors (Lipinski definition) is 5. The molecule has 0 saturated heterocycles. The van der Waals surface area contributed by atoms with E-state index in [4.69, 9.17) is 18.8 Å². The first-order valence-corrected chi connectivity index (χ1v) is 24.4. The third-order valence-corrected chi connectivity index (χ3v) is 15.7. The first-order valence-electron chi connectivity index (χ1n) is 23.6. The summed E-state index contributed by atoms with van der Waals surface area (Å²) in [7, 11) is 0. The van der Waals surface area contributed by atoms with E-state index in [1.165, 1.54) is 47.8 Å². The highest BCUT2D eigenvalue weighted by atomic mass is 32.1. The van der Waals surface area contributed by atoms with Gasteiger partial charge in [0.1, 0.15) is 16.7 Å². The van der Waals surface area contributed by atoms with Gasteiger partial charge in [-0.25, -0.2) is 9.98 Å². The third-order valence-electron chi connectivity index (χ3n) is 14.5. The summed E-state index contributed by atoms with van der Waals surface area (Å²) in [6.45, 7) is 2.23. The van der Waals surface area contributed by atoms with Gasteiger partial charge in [0, 0.05) is 69.2 Å². The van der Waals surface area contributed by atoms with Crippen LogP contribution in [-0.4, -0.2) is 16.1 Å². The number of aliphatic imine (C=N–C) groups is 2. The van der Waals surface area contributed by atoms with Gasteiger partial charge in [-0.2, -0.15) is 0 Å². The summed E-state index contributed by atoms with van der Waals surface area (Å²) in [6, 6.07) is 69.7. The zero-order valence-electron chi connectivity index (χ0n) is 37.5. The molecule has 10 aromatic carbocycles. The normalized spacial score (nSPS) is 16.4. The molecule has 5 nitrogen and oxygen atoms in total. The van der Waals surface area contributed by atoms with E-state index in [-0.39, 0.29) is 0 Å². The predicted octanol–water partition coefficient (Wildman–Crippen LogP) is 17.7. The van der Waals surface area contributed by atoms with Crippen molar-refractivity contribution in [1.29, 1.82) is 0 Å². The summed E-state index contributed by atoms with van der Waals surface area (Å²) < 4.78 is 18.7. The molecule has 15 rings (SSSR count). The summed E-state index contributed by atoms with van der Waals surface area (Å²) in [5, 5.41) is 13.9. The molecule has 69 heavy (non-hydrogen) atoms. The van der Waals surface area contributed by atoms with Gasteiger partial charge in [-0.05, 0) is 108 Å². The fraction of sp³-hybridized carbons (Fsp3) is 0.0476. The minimum absolute atomic E-state index is 0.661. The SMILES string of the molecule is C\C1=C(c2cccc3c2oc2ccccc23)/N=C(c2cccc3c2sc2ccccc23)\N=C(\c2ccc3c(oc4ccccc43)c2-n2c3cc4ccccc4cc3c3cc4ccccc4cc32)CC1. The standard InChI is InChI=1S/C63H39N3O2S/c1-36-28-31-52(64-63(49-24-13-22-46-43-20-8-11-27-57(43)69-62(46)49)65-58(36)48-23-12-21-44-41-18-6-9-25-55(41)67-60(44)48)47-30-29-45-42-19-7-10-26-56(42)68-61(45)59(47)66-53-34-39-16-4-2-14-37(39)32-50(53)51-33-38-15-3-5-17-40(38)35-54(51)66/h2-27,29-30,32-35H,28,31H2,1H3/b58-36+,64-52+,65-63-. The molecule has 0 spiro atoms. The molecule has 1 aliphatic rings. The van der Waals surface area contributed by atoms with Gasteiger partial charge in [0.05, 0.1) is 28.1 Å². The number of amidine groups is 1. The van der Waals surface area contributed by atoms with Gasteiger partial charge in [-0.15, -0.1) is 11.3 Å². The highest BCUT2D eigenvalue weighted by Crippen LogP contribution is 2.44. The molecular weight excluding hydrogens is 863 g/mol. The van der Waals surface area contributed by atoms with Crippen LogP contribution in [0.15, 0.2) is 219 Å². The summed E-state index contributed by atoms with van der Waals surface area (Å²) in [4.78, 5) is 11.6. The minimum Gasteiger partial charge on any atom is -0.455 e. The zero-order chi connectivity index (χ0) is 45.3. The summed E-state index contributed by atoms with van der Waals surface area (Å²) >= 11 is 1.80. The molecule has 4 aromatic heterocycles. The molecule has 0 unspecified atom stereocenters. The Morgan fingerprint density at radius 1 is 0.435 bits per heavy atom. The van der Waals surface area contributed by atoms with Crippen molar-refractivity contribution in [2.24, 2.45) is 9.98 Å². The van der Waals surface area contributed by atoms with Crippen LogP contribution in [0.3, 0.4) is 0 Å². The fourth-order valence-electron chi connectivity index (χ4n) is 11.2. The molecule has 324 valence electrons. The van der Waals surface area contributed by atoms with E-state index in [1.54, 1.807) is 11.3 Å². The molecular formula is C63H39N3O2S. The Kier molecular flexibility index (Phi) is 8.21. The number of rotatable bonds is 4. The van der Waals surface area contributed by atoms with Gasteiger partial charge in [0.15, 0.2) is 11.4 Å². The van der Waals surface area contributed by atoms with Gasteiger partial charge in [0.25, 0.3) is 0 Å². The second-order valence-corrected chi connectivity index (χ2v) is 19.4. The first-order chi connectivity index (χ1) is 34.1. The maximum absolute atomic E-state index is 7.11. The van der Waals surface area contributed by atoms with Crippen LogP contribution in [0.2, 0.25) is 0 Å². The molecule has 0 amide bonds. The smallest absolute Gasteiger partial charge is 0.161 e. The predicted molar refractivity (Wildman–Crippen MR) is 291 cm³/mol. The Bertz CT molecular complexity index is 4540. The van der Waals surface area contributed by atoms with Crippen LogP contribution >= 0.6 is 11.3 Å². The van der Waals surface area contributed by atoms with Gasteiger partial charge in [-0.1, -0.05) is 133 Å². The lowest BCUT2D eigenvalue weighted by Gasteiger charge is -2.20. The Morgan fingerprint density at radius 3 is 1.68 bits per heavy atom. The highest BCUT2D eigenvalue weighted by Gasteiger charge is 2.27. The van der Waals surface area contributed by atoms with Crippen molar-refractivity contribution in [3.05, 3.63) is 216 Å². The van der Waals surface area contributed by atoms with Crippen molar-refractivity contribution in [1.82, 2.24) is 4.57 Å². The highest BCUT2D eigenvalue weighted by molar-refractivity contribution is 7.26. The second kappa shape index (κ2) is 14.7. The molecule has 0 bridgehead atoms. The van der Waals surface area contributed by atoms with Crippen LogP contribution < -0.4 is 0 Å². The average Bonchev–Trinajstić information content (AvgIpc) is 4.15. The number of fused-ring (bicyclic) bond motifs is 14. The van der Waals surface area contributed by atoms with Crippen molar-refractivity contribution in [3.8, 4) is 5.69 Å². The minimum atomic E-state index is 0.661. The Labute approximate surface area is 399 Å². The van der Waals surface area contributed by atoms with Crippen molar-refractivity contribution in [2.45, 2.75) is 19.8 Å². The topological polar surface area (TPSA) is 55.9 Å². The molecule has 0 radical (unpaired) electrons. The lowest BCUT2D eigenvalue weighted by Crippen LogP contribution is -2.13. The Hall–Kier alpha value is -8.58. The quantitative estimate of drug-likeness (QED) is 0.177. The first kappa shape index (κ1) is 38.5. The maximum Gasteiger partial charge on any atom is 0.161 e.